The first-order valence-corrected chi connectivity index (χ1v) is 8.03. The molecular formula is C17H15BrN2O3. The van der Waals surface area contributed by atoms with Gasteiger partial charge in [0.1, 0.15) is 0 Å². The van der Waals surface area contributed by atoms with Crippen molar-refractivity contribution in [3.8, 4) is 0 Å². The van der Waals surface area contributed by atoms with E-state index in [0.29, 0.717) is 10.0 Å². The lowest BCUT2D eigenvalue weighted by atomic mass is 10.1. The van der Waals surface area contributed by atoms with Crippen molar-refractivity contribution < 1.29 is 14.3 Å². The summed E-state index contributed by atoms with van der Waals surface area (Å²) in [6, 6.07) is 9.45. The number of carbonyl (C=O) groups is 2. The number of hydrogen-bond donors (Lipinski definition) is 0. The zero-order valence-corrected chi connectivity index (χ0v) is 14.1. The lowest BCUT2D eigenvalue weighted by Crippen LogP contribution is -2.38. The van der Waals surface area contributed by atoms with Gasteiger partial charge in [0.2, 0.25) is 0 Å². The molecular weight excluding hydrogens is 360 g/mol. The average Bonchev–Trinajstić information content (AvgIpc) is 2.88. The Bertz CT molecular complexity index is 763. The monoisotopic (exact) mass is 374 g/mol. The molecule has 0 N–H and O–H groups in total. The molecule has 6 heteroatoms. The standard InChI is InChI=1S/C17H15BrN2O3/c1-11-6-12-4-2-3-5-15(12)20(11)16(21)10-23-17(22)13-7-14(18)9-19-8-13/h2-5,7-9,11H,6,10H2,1H3/t11-/m1/s1. The Labute approximate surface area is 142 Å². The van der Waals surface area contributed by atoms with Crippen molar-refractivity contribution >= 4 is 33.5 Å². The maximum absolute atomic E-state index is 12.4. The van der Waals surface area contributed by atoms with E-state index >= 15 is 0 Å². The van der Waals surface area contributed by atoms with Gasteiger partial charge in [0.05, 0.1) is 5.56 Å². The Morgan fingerprint density at radius 1 is 1.35 bits per heavy atom. The number of carbonyl (C=O) groups excluding carboxylic acids is 2. The number of anilines is 1. The number of esters is 1. The van der Waals surface area contributed by atoms with Crippen molar-refractivity contribution in [3.05, 3.63) is 58.3 Å². The third kappa shape index (κ3) is 3.27. The van der Waals surface area contributed by atoms with Crippen LogP contribution in [0.3, 0.4) is 0 Å². The summed E-state index contributed by atoms with van der Waals surface area (Å²) in [5.41, 5.74) is 2.34. The van der Waals surface area contributed by atoms with E-state index in [1.807, 2.05) is 31.2 Å². The minimum atomic E-state index is -0.563. The highest BCUT2D eigenvalue weighted by atomic mass is 79.9. The fraction of sp³-hybridized carbons (Fsp3) is 0.235. The molecule has 0 aliphatic carbocycles. The molecule has 0 saturated carbocycles. The molecule has 2 aromatic rings. The molecule has 5 nitrogen and oxygen atoms in total. The van der Waals surface area contributed by atoms with E-state index < -0.39 is 5.97 Å². The van der Waals surface area contributed by atoms with Gasteiger partial charge in [-0.25, -0.2) is 4.79 Å². The normalized spacial score (nSPS) is 16.1. The minimum Gasteiger partial charge on any atom is -0.452 e. The highest BCUT2D eigenvalue weighted by Crippen LogP contribution is 2.31. The van der Waals surface area contributed by atoms with E-state index in [0.717, 1.165) is 17.7 Å². The molecule has 0 bridgehead atoms. The van der Waals surface area contributed by atoms with E-state index in [9.17, 15) is 9.59 Å². The zero-order valence-electron chi connectivity index (χ0n) is 12.5. The number of aromatic nitrogens is 1. The Balaban J connectivity index is 1.67. The van der Waals surface area contributed by atoms with Crippen LogP contribution in [0.1, 0.15) is 22.8 Å². The van der Waals surface area contributed by atoms with E-state index in [1.165, 1.54) is 6.20 Å². The van der Waals surface area contributed by atoms with Crippen LogP contribution < -0.4 is 4.90 Å². The molecule has 1 amide bonds. The molecule has 118 valence electrons. The minimum absolute atomic E-state index is 0.0612. The molecule has 0 unspecified atom stereocenters. The van der Waals surface area contributed by atoms with Crippen LogP contribution in [0.4, 0.5) is 5.69 Å². The van der Waals surface area contributed by atoms with Crippen LogP contribution in [0.25, 0.3) is 0 Å². The van der Waals surface area contributed by atoms with Crippen LogP contribution in [0.2, 0.25) is 0 Å². The summed E-state index contributed by atoms with van der Waals surface area (Å²) < 4.78 is 5.81. The Morgan fingerprint density at radius 3 is 2.91 bits per heavy atom. The molecule has 0 fully saturated rings. The van der Waals surface area contributed by atoms with Gasteiger partial charge in [-0.1, -0.05) is 18.2 Å². The zero-order chi connectivity index (χ0) is 16.4. The smallest absolute Gasteiger partial charge is 0.340 e. The average molecular weight is 375 g/mol. The number of amides is 1. The van der Waals surface area contributed by atoms with Crippen LogP contribution in [0.15, 0.2) is 47.2 Å². The lowest BCUT2D eigenvalue weighted by Gasteiger charge is -2.22. The molecule has 23 heavy (non-hydrogen) atoms. The van der Waals surface area contributed by atoms with Crippen LogP contribution in [-0.4, -0.2) is 29.5 Å². The number of hydrogen-bond acceptors (Lipinski definition) is 4. The van der Waals surface area contributed by atoms with Gasteiger partial charge in [-0.3, -0.25) is 9.78 Å². The number of pyridine rings is 1. The van der Waals surface area contributed by atoms with Crippen LogP contribution in [0.5, 0.6) is 0 Å². The van der Waals surface area contributed by atoms with Gasteiger partial charge in [0.25, 0.3) is 5.91 Å². The first kappa shape index (κ1) is 15.7. The largest absolute Gasteiger partial charge is 0.452 e. The molecule has 0 radical (unpaired) electrons. The first-order valence-electron chi connectivity index (χ1n) is 7.24. The molecule has 1 atom stereocenters. The fourth-order valence-corrected chi connectivity index (χ4v) is 3.11. The second-order valence-corrected chi connectivity index (χ2v) is 6.33. The number of para-hydroxylation sites is 1. The number of benzene rings is 1. The van der Waals surface area contributed by atoms with Crippen molar-refractivity contribution in [2.75, 3.05) is 11.5 Å². The molecule has 1 aromatic heterocycles. The van der Waals surface area contributed by atoms with Gasteiger partial charge in [-0.15, -0.1) is 0 Å². The maximum Gasteiger partial charge on any atom is 0.340 e. The highest BCUT2D eigenvalue weighted by molar-refractivity contribution is 9.10. The van der Waals surface area contributed by atoms with Crippen molar-refractivity contribution in [1.29, 1.82) is 0 Å². The third-order valence-electron chi connectivity index (χ3n) is 3.74. The lowest BCUT2D eigenvalue weighted by molar-refractivity contribution is -0.122. The van der Waals surface area contributed by atoms with E-state index in [4.69, 9.17) is 4.74 Å². The van der Waals surface area contributed by atoms with E-state index in [2.05, 4.69) is 20.9 Å². The Hall–Kier alpha value is -2.21. The molecule has 1 aromatic carbocycles. The summed E-state index contributed by atoms with van der Waals surface area (Å²) in [5, 5.41) is 0. The summed E-state index contributed by atoms with van der Waals surface area (Å²) in [5.74, 6) is -0.786. The number of rotatable bonds is 3. The summed E-state index contributed by atoms with van der Waals surface area (Å²) in [4.78, 5) is 30.0. The predicted octanol–water partition coefficient (Wildman–Crippen LogP) is 2.98. The highest BCUT2D eigenvalue weighted by Gasteiger charge is 2.31. The molecule has 0 spiro atoms. The summed E-state index contributed by atoms with van der Waals surface area (Å²) in [7, 11) is 0. The SMILES string of the molecule is C[C@@H]1Cc2ccccc2N1C(=O)COC(=O)c1cncc(Br)c1. The third-order valence-corrected chi connectivity index (χ3v) is 4.18. The second-order valence-electron chi connectivity index (χ2n) is 5.41. The number of nitrogens with zero attached hydrogens (tertiary/aromatic N) is 2. The van der Waals surface area contributed by atoms with Gasteiger partial charge in [-0.05, 0) is 47.0 Å². The van der Waals surface area contributed by atoms with Crippen molar-refractivity contribution in [2.45, 2.75) is 19.4 Å². The number of ether oxygens (including phenoxy) is 1. The van der Waals surface area contributed by atoms with Crippen LogP contribution in [-0.2, 0) is 16.0 Å². The maximum atomic E-state index is 12.4. The van der Waals surface area contributed by atoms with Crippen molar-refractivity contribution in [1.82, 2.24) is 4.98 Å². The molecule has 0 saturated heterocycles. The molecule has 1 aliphatic heterocycles. The van der Waals surface area contributed by atoms with Crippen LogP contribution in [0, 0.1) is 0 Å². The van der Waals surface area contributed by atoms with Gasteiger partial charge in [-0.2, -0.15) is 0 Å². The van der Waals surface area contributed by atoms with Crippen LogP contribution >= 0.6 is 15.9 Å². The summed E-state index contributed by atoms with van der Waals surface area (Å²) in [6.07, 6.45) is 3.79. The fourth-order valence-electron chi connectivity index (χ4n) is 2.75. The molecule has 1 aliphatic rings. The van der Waals surface area contributed by atoms with Gasteiger partial charge in [0, 0.05) is 28.6 Å². The topological polar surface area (TPSA) is 59.5 Å². The molecule has 2 heterocycles. The van der Waals surface area contributed by atoms with E-state index in [-0.39, 0.29) is 18.6 Å². The summed E-state index contributed by atoms with van der Waals surface area (Å²) >= 11 is 3.24. The Kier molecular flexibility index (Phi) is 4.43. The second kappa shape index (κ2) is 6.50. The first-order chi connectivity index (χ1) is 11.1. The molecule has 3 rings (SSSR count). The number of fused-ring (bicyclic) bond motifs is 1. The van der Waals surface area contributed by atoms with Gasteiger partial charge in [0.15, 0.2) is 6.61 Å². The number of halogens is 1. The predicted molar refractivity (Wildman–Crippen MR) is 89.3 cm³/mol. The van der Waals surface area contributed by atoms with Crippen molar-refractivity contribution in [3.63, 3.8) is 0 Å². The Morgan fingerprint density at radius 2 is 2.13 bits per heavy atom. The van der Waals surface area contributed by atoms with Gasteiger partial charge >= 0.3 is 5.97 Å². The van der Waals surface area contributed by atoms with Gasteiger partial charge < -0.3 is 9.64 Å². The van der Waals surface area contributed by atoms with Crippen molar-refractivity contribution in [2.24, 2.45) is 0 Å². The van der Waals surface area contributed by atoms with E-state index in [1.54, 1.807) is 17.2 Å². The quantitative estimate of drug-likeness (QED) is 0.774. The summed E-state index contributed by atoms with van der Waals surface area (Å²) in [6.45, 7) is 1.70.